The van der Waals surface area contributed by atoms with Crippen molar-refractivity contribution in [3.05, 3.63) is 16.8 Å². The number of hydrogen-bond donors (Lipinski definition) is 0. The fraction of sp³-hybridized carbons (Fsp3) is 0.667. The van der Waals surface area contributed by atoms with Crippen molar-refractivity contribution in [2.24, 2.45) is 0 Å². The molecule has 0 saturated carbocycles. The van der Waals surface area contributed by atoms with Crippen molar-refractivity contribution in [3.63, 3.8) is 0 Å². The highest BCUT2D eigenvalue weighted by molar-refractivity contribution is 8.00. The molecule has 20 heavy (non-hydrogen) atoms. The third-order valence-electron chi connectivity index (χ3n) is 3.66. The van der Waals surface area contributed by atoms with Crippen LogP contribution in [0.15, 0.2) is 0 Å². The molecule has 4 nitrogen and oxygen atoms in total. The van der Waals surface area contributed by atoms with E-state index in [2.05, 4.69) is 48.9 Å². The Balaban J connectivity index is 2.44. The van der Waals surface area contributed by atoms with E-state index < -0.39 is 0 Å². The van der Waals surface area contributed by atoms with Crippen LogP contribution in [0.2, 0.25) is 0 Å². The average Bonchev–Trinajstić information content (AvgIpc) is 2.44. The van der Waals surface area contributed by atoms with Crippen LogP contribution >= 0.6 is 11.8 Å². The van der Waals surface area contributed by atoms with E-state index in [9.17, 15) is 5.26 Å². The summed E-state index contributed by atoms with van der Waals surface area (Å²) in [5.74, 6) is 1.84. The lowest BCUT2D eigenvalue weighted by Gasteiger charge is -2.38. The lowest BCUT2D eigenvalue weighted by molar-refractivity contribution is 0.636. The molecule has 0 aromatic carbocycles. The second-order valence-corrected chi connectivity index (χ2v) is 7.47. The minimum absolute atomic E-state index is 0.197. The number of nitriles is 1. The van der Waals surface area contributed by atoms with Crippen LogP contribution in [-0.2, 0) is 12.8 Å². The third-order valence-corrected chi connectivity index (χ3v) is 4.96. The van der Waals surface area contributed by atoms with Crippen molar-refractivity contribution >= 4 is 17.6 Å². The molecular weight excluding hydrogens is 268 g/mol. The fourth-order valence-corrected chi connectivity index (χ4v) is 3.81. The summed E-state index contributed by atoms with van der Waals surface area (Å²) in [5.41, 5.74) is 2.75. The van der Waals surface area contributed by atoms with Crippen LogP contribution in [-0.4, -0.2) is 33.8 Å². The van der Waals surface area contributed by atoms with E-state index in [0.717, 1.165) is 54.3 Å². The predicted octanol–water partition coefficient (Wildman–Crippen LogP) is 2.80. The quantitative estimate of drug-likeness (QED) is 0.857. The number of aromatic nitrogens is 2. The van der Waals surface area contributed by atoms with Crippen molar-refractivity contribution < 1.29 is 0 Å². The lowest BCUT2D eigenvalue weighted by atomic mass is 10.0. The van der Waals surface area contributed by atoms with Crippen molar-refractivity contribution in [1.82, 2.24) is 10.2 Å². The second kappa shape index (κ2) is 6.01. The Morgan fingerprint density at radius 1 is 1.30 bits per heavy atom. The summed E-state index contributed by atoms with van der Waals surface area (Å²) in [6.45, 7) is 10.5. The smallest absolute Gasteiger partial charge is 0.169 e. The summed E-state index contributed by atoms with van der Waals surface area (Å²) in [7, 11) is 0. The molecule has 0 bridgehead atoms. The Hall–Kier alpha value is -1.28. The van der Waals surface area contributed by atoms with Gasteiger partial charge in [0.15, 0.2) is 5.82 Å². The molecule has 1 aromatic rings. The Labute approximate surface area is 125 Å². The molecule has 1 aliphatic rings. The first-order chi connectivity index (χ1) is 9.52. The van der Waals surface area contributed by atoms with Gasteiger partial charge >= 0.3 is 0 Å². The van der Waals surface area contributed by atoms with Gasteiger partial charge in [0, 0.05) is 23.6 Å². The zero-order chi connectivity index (χ0) is 14.8. The Morgan fingerprint density at radius 3 is 2.60 bits per heavy atom. The van der Waals surface area contributed by atoms with E-state index in [1.807, 2.05) is 11.8 Å². The molecule has 5 heteroatoms. The number of thioether (sulfide) groups is 1. The second-order valence-electron chi connectivity index (χ2n) is 5.67. The maximum Gasteiger partial charge on any atom is 0.169 e. The first kappa shape index (κ1) is 15.1. The molecule has 108 valence electrons. The molecule has 0 atom stereocenters. The van der Waals surface area contributed by atoms with Gasteiger partial charge in [-0.1, -0.05) is 13.8 Å². The van der Waals surface area contributed by atoms with Gasteiger partial charge in [-0.2, -0.15) is 22.1 Å². The molecule has 0 radical (unpaired) electrons. The number of anilines is 1. The molecule has 1 aliphatic heterocycles. The summed E-state index contributed by atoms with van der Waals surface area (Å²) in [6, 6.07) is 2.36. The number of aryl methyl sites for hydroxylation is 1. The normalized spacial score (nSPS) is 17.9. The van der Waals surface area contributed by atoms with Crippen molar-refractivity contribution in [2.45, 2.75) is 45.3 Å². The summed E-state index contributed by atoms with van der Waals surface area (Å²) < 4.78 is 0.197. The van der Waals surface area contributed by atoms with Crippen molar-refractivity contribution in [3.8, 4) is 6.07 Å². The van der Waals surface area contributed by atoms with Crippen LogP contribution < -0.4 is 4.90 Å². The topological polar surface area (TPSA) is 52.8 Å². The average molecular weight is 290 g/mol. The van der Waals surface area contributed by atoms with E-state index in [4.69, 9.17) is 0 Å². The standard InChI is InChI=1S/C15H22N4S/c1-5-11-12(9-16)14(18-17-13(11)6-2)19-7-8-20-15(3,4)10-19/h5-8,10H2,1-4H3. The van der Waals surface area contributed by atoms with Crippen LogP contribution in [0.3, 0.4) is 0 Å². The zero-order valence-corrected chi connectivity index (χ0v) is 13.5. The number of hydrogen-bond acceptors (Lipinski definition) is 5. The fourth-order valence-electron chi connectivity index (χ4n) is 2.70. The van der Waals surface area contributed by atoms with Crippen LogP contribution in [0.25, 0.3) is 0 Å². The van der Waals surface area contributed by atoms with Gasteiger partial charge in [0.2, 0.25) is 0 Å². The molecule has 0 unspecified atom stereocenters. The third kappa shape index (κ3) is 2.90. The van der Waals surface area contributed by atoms with Gasteiger partial charge in [-0.05, 0) is 32.3 Å². The van der Waals surface area contributed by atoms with Gasteiger partial charge < -0.3 is 4.90 Å². The first-order valence-electron chi connectivity index (χ1n) is 7.19. The van der Waals surface area contributed by atoms with Crippen LogP contribution in [0.1, 0.15) is 44.5 Å². The highest BCUT2D eigenvalue weighted by atomic mass is 32.2. The SMILES string of the molecule is CCc1nnc(N2CCSC(C)(C)C2)c(C#N)c1CC. The Morgan fingerprint density at radius 2 is 2.05 bits per heavy atom. The first-order valence-corrected chi connectivity index (χ1v) is 8.18. The molecule has 1 aromatic heterocycles. The molecule has 1 fully saturated rings. The van der Waals surface area contributed by atoms with E-state index in [0.29, 0.717) is 0 Å². The van der Waals surface area contributed by atoms with Gasteiger partial charge in [0.1, 0.15) is 11.6 Å². The maximum atomic E-state index is 9.56. The zero-order valence-electron chi connectivity index (χ0n) is 12.7. The van der Waals surface area contributed by atoms with Crippen molar-refractivity contribution in [1.29, 1.82) is 5.26 Å². The summed E-state index contributed by atoms with van der Waals surface area (Å²) in [6.07, 6.45) is 1.66. The molecule has 2 rings (SSSR count). The maximum absolute atomic E-state index is 9.56. The van der Waals surface area contributed by atoms with E-state index in [1.54, 1.807) is 0 Å². The van der Waals surface area contributed by atoms with E-state index in [1.165, 1.54) is 0 Å². The summed E-state index contributed by atoms with van der Waals surface area (Å²) in [5, 5.41) is 18.3. The van der Waals surface area contributed by atoms with Crippen LogP contribution in [0, 0.1) is 11.3 Å². The molecular formula is C15H22N4S. The monoisotopic (exact) mass is 290 g/mol. The molecule has 2 heterocycles. The minimum Gasteiger partial charge on any atom is -0.352 e. The molecule has 0 amide bonds. The van der Waals surface area contributed by atoms with Gasteiger partial charge in [-0.15, -0.1) is 5.10 Å². The molecule has 0 aliphatic carbocycles. The predicted molar refractivity (Wildman–Crippen MR) is 84.3 cm³/mol. The van der Waals surface area contributed by atoms with Gasteiger partial charge in [-0.25, -0.2) is 0 Å². The van der Waals surface area contributed by atoms with E-state index in [-0.39, 0.29) is 4.75 Å². The van der Waals surface area contributed by atoms with Crippen molar-refractivity contribution in [2.75, 3.05) is 23.7 Å². The number of nitrogens with zero attached hydrogens (tertiary/aromatic N) is 4. The largest absolute Gasteiger partial charge is 0.352 e. The highest BCUT2D eigenvalue weighted by Crippen LogP contribution is 2.33. The lowest BCUT2D eigenvalue weighted by Crippen LogP contribution is -2.44. The van der Waals surface area contributed by atoms with E-state index >= 15 is 0 Å². The molecule has 0 spiro atoms. The van der Waals surface area contributed by atoms with Crippen LogP contribution in [0.4, 0.5) is 5.82 Å². The molecule has 0 N–H and O–H groups in total. The van der Waals surface area contributed by atoms with Crippen LogP contribution in [0.5, 0.6) is 0 Å². The Kier molecular flexibility index (Phi) is 4.54. The summed E-state index contributed by atoms with van der Waals surface area (Å²) >= 11 is 1.98. The highest BCUT2D eigenvalue weighted by Gasteiger charge is 2.30. The van der Waals surface area contributed by atoms with Gasteiger partial charge in [0.05, 0.1) is 5.69 Å². The summed E-state index contributed by atoms with van der Waals surface area (Å²) in [4.78, 5) is 2.22. The minimum atomic E-state index is 0.197. The number of rotatable bonds is 3. The molecule has 1 saturated heterocycles. The van der Waals surface area contributed by atoms with Gasteiger partial charge in [-0.3, -0.25) is 0 Å². The Bertz CT molecular complexity index is 533. The van der Waals surface area contributed by atoms with Gasteiger partial charge in [0.25, 0.3) is 0 Å².